The number of carboxylic acid groups (broad SMARTS) is 1. The Labute approximate surface area is 333 Å². The molecule has 0 aromatic carbocycles. The Morgan fingerprint density at radius 3 is 1.65 bits per heavy atom. The first-order valence-corrected chi connectivity index (χ1v) is 25.8. The molecule has 1 unspecified atom stereocenters. The minimum Gasteiger partial charge on any atom is -0.870 e. The van der Waals surface area contributed by atoms with Crippen LogP contribution in [0, 0.1) is 28.6 Å². The van der Waals surface area contributed by atoms with Gasteiger partial charge in [-0.2, -0.15) is 0 Å². The molecule has 13 heteroatoms. The van der Waals surface area contributed by atoms with Crippen molar-refractivity contribution in [2.75, 3.05) is 5.75 Å². The average Bonchev–Trinajstić information content (AvgIpc) is 3.43. The van der Waals surface area contributed by atoms with Gasteiger partial charge in [0.25, 0.3) is 0 Å². The Kier molecular flexibility index (Phi) is 19.5. The van der Waals surface area contributed by atoms with Crippen LogP contribution in [0.4, 0.5) is 0 Å². The van der Waals surface area contributed by atoms with Crippen LogP contribution in [0.2, 0.25) is 36.3 Å². The van der Waals surface area contributed by atoms with Crippen molar-refractivity contribution in [3.8, 4) is 0 Å². The van der Waals surface area contributed by atoms with E-state index in [1.807, 2.05) is 19.1 Å². The molecule has 3 aliphatic rings. The van der Waals surface area contributed by atoms with Crippen LogP contribution in [0.5, 0.6) is 0 Å². The molecule has 52 heavy (non-hydrogen) atoms. The van der Waals surface area contributed by atoms with Crippen LogP contribution in [0.15, 0.2) is 25.3 Å². The molecule has 0 aromatic rings. The van der Waals surface area contributed by atoms with Gasteiger partial charge in [0, 0.05) is 5.41 Å². The number of sulfonamides is 1. The van der Waals surface area contributed by atoms with Crippen LogP contribution in [0.3, 0.4) is 0 Å². The average molecular weight is 782 g/mol. The fraction of sp³-hybridized carbons (Fsp3) is 0.846. The molecular weight excluding hydrogens is 706 g/mol. The van der Waals surface area contributed by atoms with E-state index in [4.69, 9.17) is 14.0 Å². The van der Waals surface area contributed by atoms with Crippen molar-refractivity contribution in [1.82, 2.24) is 4.31 Å². The topological polar surface area (TPSA) is 140 Å². The Hall–Kier alpha value is -0.719. The number of carbonyl (C=O) groups excluding carboxylic acids is 1. The third-order valence-electron chi connectivity index (χ3n) is 13.3. The van der Waals surface area contributed by atoms with E-state index >= 15 is 0 Å². The van der Waals surface area contributed by atoms with Crippen molar-refractivity contribution in [1.29, 1.82) is 0 Å². The molecule has 0 aromatic heterocycles. The molecule has 2 saturated carbocycles. The standard InChI is InChI=1S/C24H43NO4SSi.C14H28O3Si.CH4.Li.H2O/c1-10-11-12-19(29-31(8,9)22(3,4)5)17(2)21(26)25-20-15-18-13-14-24(20,23(18,6)7)16-30(25,27)28;1-8-9-10-12(11(2)13(15)16)17-18(6,7)14(3,4)5;;;/h10,17-20H,1,11-16H2,2-9H3;8,11-12H,1,9-10H2,2-7H3,(H,15,16);1H4;;1H2/q;;;+1;/p-1/t17-,18?,19-,20+,24+;11-,12-;;;/m11.../s1. The number of carbonyl (C=O) groups is 2. The normalized spacial score (nSPS) is 25.4. The number of hydrogen-bond acceptors (Lipinski definition) is 7. The van der Waals surface area contributed by atoms with E-state index in [0.29, 0.717) is 12.3 Å². The first kappa shape index (κ1) is 53.4. The van der Waals surface area contributed by atoms with E-state index in [9.17, 15) is 18.0 Å². The smallest absolute Gasteiger partial charge is 0.870 e. The van der Waals surface area contributed by atoms with Gasteiger partial charge in [-0.05, 0) is 99.5 Å². The van der Waals surface area contributed by atoms with Crippen molar-refractivity contribution in [3.63, 3.8) is 0 Å². The van der Waals surface area contributed by atoms with Gasteiger partial charge >= 0.3 is 24.8 Å². The molecular formula is C39H76LiNO8SSi2. The molecule has 2 bridgehead atoms. The molecule has 1 heterocycles. The summed E-state index contributed by atoms with van der Waals surface area (Å²) in [7, 11) is -7.66. The maximum atomic E-state index is 13.8. The largest absolute Gasteiger partial charge is 1.00 e. The maximum absolute atomic E-state index is 13.8. The first-order chi connectivity index (χ1) is 22.0. The van der Waals surface area contributed by atoms with E-state index in [1.165, 1.54) is 4.31 Å². The minimum atomic E-state index is -3.61. The third-order valence-corrected chi connectivity index (χ3v) is 24.3. The zero-order chi connectivity index (χ0) is 38.2. The predicted molar refractivity (Wildman–Crippen MR) is 216 cm³/mol. The van der Waals surface area contributed by atoms with Gasteiger partial charge in [-0.3, -0.25) is 9.59 Å². The van der Waals surface area contributed by atoms with E-state index in [2.05, 4.69) is 94.7 Å². The van der Waals surface area contributed by atoms with Crippen LogP contribution in [0.1, 0.15) is 122 Å². The Balaban J connectivity index is 0. The van der Waals surface area contributed by atoms with Gasteiger partial charge in [-0.15, -0.1) is 13.2 Å². The zero-order valence-corrected chi connectivity index (χ0v) is 37.7. The molecule has 1 amide bonds. The van der Waals surface area contributed by atoms with Crippen LogP contribution in [-0.2, 0) is 28.5 Å². The van der Waals surface area contributed by atoms with E-state index in [-0.39, 0.29) is 82.6 Å². The molecule has 2 aliphatic carbocycles. The number of allylic oxidation sites excluding steroid dienone is 2. The number of nitrogens with zero attached hydrogens (tertiary/aromatic N) is 1. The van der Waals surface area contributed by atoms with Crippen LogP contribution < -0.4 is 18.9 Å². The summed E-state index contributed by atoms with van der Waals surface area (Å²) in [5.41, 5.74) is -0.328. The quantitative estimate of drug-likeness (QED) is 0.149. The third kappa shape index (κ3) is 11.0. The fourth-order valence-corrected chi connectivity index (χ4v) is 13.1. The Morgan fingerprint density at radius 1 is 0.904 bits per heavy atom. The molecule has 9 nitrogen and oxygen atoms in total. The number of amides is 1. The molecule has 1 spiro atoms. The van der Waals surface area contributed by atoms with Gasteiger partial charge in [0.2, 0.25) is 15.9 Å². The SMILES string of the molecule is C.C=CCC[C@@H](O[Si](C)(C)C(C)(C)C)[C@@H](C)C(=O)N1[C@H]2CC3CC[C@@]2(CS1(=O)=O)C3(C)C.C=CCC[C@@H](O[Si](C)(C)C(C)(C)C)[C@@H](C)C(=O)O.[Li+].[OH-]. The van der Waals surface area contributed by atoms with E-state index in [0.717, 1.165) is 38.5 Å². The zero-order valence-electron chi connectivity index (χ0n) is 34.9. The summed E-state index contributed by atoms with van der Waals surface area (Å²) >= 11 is 0. The van der Waals surface area contributed by atoms with Crippen molar-refractivity contribution in [2.24, 2.45) is 28.6 Å². The first-order valence-electron chi connectivity index (χ1n) is 18.4. The van der Waals surface area contributed by atoms with Gasteiger partial charge in [0.15, 0.2) is 16.6 Å². The fourth-order valence-electron chi connectivity index (χ4n) is 7.59. The van der Waals surface area contributed by atoms with Crippen molar-refractivity contribution in [3.05, 3.63) is 25.3 Å². The van der Waals surface area contributed by atoms with Crippen molar-refractivity contribution in [2.45, 2.75) is 176 Å². The van der Waals surface area contributed by atoms with Crippen molar-refractivity contribution < 1.29 is 56.3 Å². The number of fused-ring (bicyclic) bond motifs is 1. The number of rotatable bonds is 14. The van der Waals surface area contributed by atoms with Gasteiger partial charge in [-0.25, -0.2) is 12.7 Å². The summed E-state index contributed by atoms with van der Waals surface area (Å²) in [6, 6.07) is -0.186. The summed E-state index contributed by atoms with van der Waals surface area (Å²) in [6.45, 7) is 37.3. The van der Waals surface area contributed by atoms with Gasteiger partial charge in [0.1, 0.15) is 0 Å². The maximum Gasteiger partial charge on any atom is 1.00 e. The molecule has 2 N–H and O–H groups in total. The second-order valence-electron chi connectivity index (χ2n) is 18.7. The summed E-state index contributed by atoms with van der Waals surface area (Å²) in [6.07, 6.45) is 8.88. The van der Waals surface area contributed by atoms with Crippen LogP contribution in [0.25, 0.3) is 0 Å². The van der Waals surface area contributed by atoms with E-state index in [1.54, 1.807) is 6.92 Å². The summed E-state index contributed by atoms with van der Waals surface area (Å²) in [5.74, 6) is -1.41. The molecule has 1 aliphatic heterocycles. The Morgan fingerprint density at radius 2 is 1.31 bits per heavy atom. The van der Waals surface area contributed by atoms with Gasteiger partial charge < -0.3 is 19.4 Å². The molecule has 3 rings (SSSR count). The van der Waals surface area contributed by atoms with E-state index < -0.39 is 44.5 Å². The monoisotopic (exact) mass is 781 g/mol. The number of carboxylic acids is 1. The number of hydrogen-bond donors (Lipinski definition) is 1. The van der Waals surface area contributed by atoms with Gasteiger partial charge in [0.05, 0.1) is 35.8 Å². The molecule has 7 atom stereocenters. The summed E-state index contributed by atoms with van der Waals surface area (Å²) in [5, 5.41) is 9.27. The van der Waals surface area contributed by atoms with Gasteiger partial charge in [-0.1, -0.05) is 81.9 Å². The molecule has 1 saturated heterocycles. The van der Waals surface area contributed by atoms with Crippen LogP contribution >= 0.6 is 0 Å². The predicted octanol–water partition coefficient (Wildman–Crippen LogP) is 6.87. The molecule has 0 radical (unpaired) electrons. The minimum absolute atomic E-state index is 0. The second kappa shape index (κ2) is 18.9. The molecule has 300 valence electrons. The van der Waals surface area contributed by atoms with Crippen LogP contribution in [-0.4, -0.2) is 75.8 Å². The Bertz CT molecular complexity index is 1320. The second-order valence-corrected chi connectivity index (χ2v) is 30.1. The summed E-state index contributed by atoms with van der Waals surface area (Å²) in [4.78, 5) is 24.9. The molecule has 3 fully saturated rings. The number of aliphatic carboxylic acids is 1. The van der Waals surface area contributed by atoms with Crippen molar-refractivity contribution >= 4 is 38.5 Å². The summed E-state index contributed by atoms with van der Waals surface area (Å²) < 4.78 is 40.9.